The summed E-state index contributed by atoms with van der Waals surface area (Å²) in [5.41, 5.74) is 3.83. The van der Waals surface area contributed by atoms with Crippen LogP contribution in [0.4, 0.5) is 5.69 Å². The molecule has 4 aliphatic rings. The molecule has 0 bridgehead atoms. The zero-order chi connectivity index (χ0) is 21.5. The number of ether oxygens (including phenoxy) is 1. The van der Waals surface area contributed by atoms with Crippen molar-refractivity contribution in [3.63, 3.8) is 0 Å². The van der Waals surface area contributed by atoms with E-state index in [1.54, 1.807) is 12.4 Å². The van der Waals surface area contributed by atoms with Crippen molar-refractivity contribution in [2.45, 2.75) is 31.7 Å². The molecule has 1 spiro atoms. The molecule has 1 aliphatic carbocycles. The second kappa shape index (κ2) is 8.26. The summed E-state index contributed by atoms with van der Waals surface area (Å²) in [5.74, 6) is 0.713. The lowest BCUT2D eigenvalue weighted by molar-refractivity contribution is -0.000743. The Morgan fingerprint density at radius 3 is 2.50 bits per heavy atom. The van der Waals surface area contributed by atoms with E-state index in [9.17, 15) is 5.26 Å². The Morgan fingerprint density at radius 2 is 1.78 bits per heavy atom. The van der Waals surface area contributed by atoms with Gasteiger partial charge in [0, 0.05) is 51.2 Å². The predicted molar refractivity (Wildman–Crippen MR) is 123 cm³/mol. The lowest BCUT2D eigenvalue weighted by atomic mass is 9.91. The number of nitrogens with zero attached hydrogens (tertiary/aromatic N) is 6. The van der Waals surface area contributed by atoms with Gasteiger partial charge in [0.2, 0.25) is 0 Å². The normalized spacial score (nSPS) is 26.6. The van der Waals surface area contributed by atoms with Gasteiger partial charge in [0.1, 0.15) is 17.1 Å². The number of rotatable bonds is 4. The molecule has 1 atom stereocenters. The Balaban J connectivity index is 1.14. The molecule has 6 rings (SSSR count). The predicted octanol–water partition coefficient (Wildman–Crippen LogP) is 2.51. The van der Waals surface area contributed by atoms with Crippen LogP contribution in [-0.4, -0.2) is 84.8 Å². The van der Waals surface area contributed by atoms with Crippen molar-refractivity contribution >= 4 is 16.7 Å². The van der Waals surface area contributed by atoms with Crippen molar-refractivity contribution in [3.8, 4) is 6.07 Å². The lowest BCUT2D eigenvalue weighted by Gasteiger charge is -2.41. The van der Waals surface area contributed by atoms with Gasteiger partial charge in [0.25, 0.3) is 0 Å². The van der Waals surface area contributed by atoms with Gasteiger partial charge in [-0.2, -0.15) is 5.26 Å². The lowest BCUT2D eigenvalue weighted by Crippen LogP contribution is -2.50. The molecule has 1 aromatic heterocycles. The molecule has 2 aromatic rings. The Labute approximate surface area is 190 Å². The van der Waals surface area contributed by atoms with Crippen LogP contribution in [0.15, 0.2) is 24.5 Å². The summed E-state index contributed by atoms with van der Waals surface area (Å²) in [6.07, 6.45) is 8.70. The van der Waals surface area contributed by atoms with Crippen LogP contribution in [0.5, 0.6) is 0 Å². The fourth-order valence-electron chi connectivity index (χ4n) is 6.30. The van der Waals surface area contributed by atoms with Crippen LogP contribution in [0.1, 0.15) is 31.2 Å². The van der Waals surface area contributed by atoms with Crippen molar-refractivity contribution in [1.82, 2.24) is 19.8 Å². The van der Waals surface area contributed by atoms with Gasteiger partial charge in [-0.3, -0.25) is 14.9 Å². The van der Waals surface area contributed by atoms with Crippen LogP contribution in [0.3, 0.4) is 0 Å². The van der Waals surface area contributed by atoms with Crippen LogP contribution in [0.25, 0.3) is 11.0 Å². The standard InChI is InChI=1S/C25H32N6O/c26-15-19-1-2-22(24-23(19)27-7-8-28-24)31-17-20(25(18-31)5-6-25)16-29-9-3-21(4-10-29)30-11-13-32-14-12-30/h1-2,7-8,20-21H,3-6,9-14,16-18H2. The molecule has 3 saturated heterocycles. The summed E-state index contributed by atoms with van der Waals surface area (Å²) in [4.78, 5) is 17.0. The summed E-state index contributed by atoms with van der Waals surface area (Å²) in [7, 11) is 0. The first-order valence-corrected chi connectivity index (χ1v) is 12.2. The minimum absolute atomic E-state index is 0.476. The summed E-state index contributed by atoms with van der Waals surface area (Å²) in [6.45, 7) is 9.86. The average molecular weight is 433 g/mol. The highest BCUT2D eigenvalue weighted by Crippen LogP contribution is 2.57. The number of aromatic nitrogens is 2. The number of hydrogen-bond donors (Lipinski definition) is 0. The van der Waals surface area contributed by atoms with Crippen molar-refractivity contribution in [1.29, 1.82) is 5.26 Å². The highest BCUT2D eigenvalue weighted by Gasteiger charge is 2.55. The number of hydrogen-bond acceptors (Lipinski definition) is 7. The van der Waals surface area contributed by atoms with Crippen molar-refractivity contribution in [3.05, 3.63) is 30.1 Å². The first-order valence-electron chi connectivity index (χ1n) is 12.2. The molecular formula is C25H32N6O. The molecule has 4 fully saturated rings. The number of likely N-dealkylation sites (tertiary alicyclic amines) is 1. The third kappa shape index (κ3) is 3.64. The molecule has 1 saturated carbocycles. The van der Waals surface area contributed by atoms with Gasteiger partial charge in [0.15, 0.2) is 0 Å². The number of fused-ring (bicyclic) bond motifs is 1. The molecule has 32 heavy (non-hydrogen) atoms. The monoisotopic (exact) mass is 432 g/mol. The van der Waals surface area contributed by atoms with E-state index < -0.39 is 0 Å². The molecule has 1 aromatic carbocycles. The Bertz CT molecular complexity index is 1020. The van der Waals surface area contributed by atoms with Crippen LogP contribution in [-0.2, 0) is 4.74 Å². The SMILES string of the molecule is N#Cc1ccc(N2CC(CN3CCC(N4CCOCC4)CC3)C3(CC3)C2)c2nccnc12. The molecule has 7 nitrogen and oxygen atoms in total. The van der Waals surface area contributed by atoms with E-state index >= 15 is 0 Å². The first-order chi connectivity index (χ1) is 15.8. The van der Waals surface area contributed by atoms with E-state index in [2.05, 4.69) is 36.8 Å². The highest BCUT2D eigenvalue weighted by molar-refractivity contribution is 5.92. The zero-order valence-electron chi connectivity index (χ0n) is 18.7. The average Bonchev–Trinajstić information content (AvgIpc) is 3.55. The third-order valence-corrected chi connectivity index (χ3v) is 8.37. The summed E-state index contributed by atoms with van der Waals surface area (Å²) >= 11 is 0. The largest absolute Gasteiger partial charge is 0.379 e. The van der Waals surface area contributed by atoms with Crippen LogP contribution < -0.4 is 4.90 Å². The summed E-state index contributed by atoms with van der Waals surface area (Å²) < 4.78 is 5.54. The van der Waals surface area contributed by atoms with E-state index in [0.29, 0.717) is 16.9 Å². The first kappa shape index (κ1) is 20.3. The van der Waals surface area contributed by atoms with Crippen LogP contribution in [0, 0.1) is 22.7 Å². The number of nitriles is 1. The van der Waals surface area contributed by atoms with Crippen molar-refractivity contribution in [2.75, 3.05) is 63.9 Å². The minimum atomic E-state index is 0.476. The fraction of sp³-hybridized carbons (Fsp3) is 0.640. The van der Waals surface area contributed by atoms with E-state index in [-0.39, 0.29) is 0 Å². The topological polar surface area (TPSA) is 68.5 Å². The van der Waals surface area contributed by atoms with Crippen molar-refractivity contribution in [2.24, 2.45) is 11.3 Å². The highest BCUT2D eigenvalue weighted by atomic mass is 16.5. The maximum absolute atomic E-state index is 9.47. The van der Waals surface area contributed by atoms with Gasteiger partial charge >= 0.3 is 0 Å². The molecule has 0 radical (unpaired) electrons. The summed E-state index contributed by atoms with van der Waals surface area (Å²) in [6, 6.07) is 7.01. The van der Waals surface area contributed by atoms with Crippen LogP contribution >= 0.6 is 0 Å². The van der Waals surface area contributed by atoms with Crippen molar-refractivity contribution < 1.29 is 4.74 Å². The van der Waals surface area contributed by atoms with Gasteiger partial charge in [-0.15, -0.1) is 0 Å². The molecular weight excluding hydrogens is 400 g/mol. The molecule has 1 unspecified atom stereocenters. The number of morpholine rings is 1. The van der Waals surface area contributed by atoms with Gasteiger partial charge < -0.3 is 14.5 Å². The maximum atomic E-state index is 9.47. The maximum Gasteiger partial charge on any atom is 0.113 e. The van der Waals surface area contributed by atoms with Gasteiger partial charge in [0.05, 0.1) is 24.5 Å². The molecule has 4 heterocycles. The van der Waals surface area contributed by atoms with E-state index in [0.717, 1.165) is 62.2 Å². The van der Waals surface area contributed by atoms with E-state index in [1.807, 2.05) is 6.07 Å². The minimum Gasteiger partial charge on any atom is -0.379 e. The molecule has 3 aliphatic heterocycles. The Hall–Kier alpha value is -2.27. The molecule has 0 amide bonds. The zero-order valence-corrected chi connectivity index (χ0v) is 18.7. The fourth-order valence-corrected chi connectivity index (χ4v) is 6.30. The third-order valence-electron chi connectivity index (χ3n) is 8.37. The smallest absolute Gasteiger partial charge is 0.113 e. The molecule has 7 heteroatoms. The van der Waals surface area contributed by atoms with Crippen LogP contribution in [0.2, 0.25) is 0 Å². The van der Waals surface area contributed by atoms with E-state index in [4.69, 9.17) is 4.74 Å². The quantitative estimate of drug-likeness (QED) is 0.735. The second-order valence-corrected chi connectivity index (χ2v) is 10.1. The second-order valence-electron chi connectivity index (χ2n) is 10.1. The van der Waals surface area contributed by atoms with E-state index in [1.165, 1.54) is 45.3 Å². The van der Waals surface area contributed by atoms with Gasteiger partial charge in [-0.25, -0.2) is 0 Å². The Morgan fingerprint density at radius 1 is 1.03 bits per heavy atom. The molecule has 0 N–H and O–H groups in total. The number of piperidine rings is 1. The number of anilines is 1. The Kier molecular flexibility index (Phi) is 5.25. The number of benzene rings is 1. The van der Waals surface area contributed by atoms with Gasteiger partial charge in [-0.1, -0.05) is 0 Å². The van der Waals surface area contributed by atoms with Gasteiger partial charge in [-0.05, 0) is 62.2 Å². The summed E-state index contributed by atoms with van der Waals surface area (Å²) in [5, 5.41) is 9.47. The molecule has 168 valence electrons.